The van der Waals surface area contributed by atoms with Crippen LogP contribution in [0.2, 0.25) is 0 Å². The van der Waals surface area contributed by atoms with Gasteiger partial charge in [0.1, 0.15) is 0 Å². The van der Waals surface area contributed by atoms with E-state index in [9.17, 15) is 0 Å². The van der Waals surface area contributed by atoms with Crippen LogP contribution in [0.1, 0.15) is 12.5 Å². The van der Waals surface area contributed by atoms with Crippen LogP contribution in [0.4, 0.5) is 5.69 Å². The van der Waals surface area contributed by atoms with Gasteiger partial charge in [0.25, 0.3) is 0 Å². The molecule has 0 saturated heterocycles. The third-order valence-electron chi connectivity index (χ3n) is 2.05. The van der Waals surface area contributed by atoms with Crippen molar-refractivity contribution in [1.82, 2.24) is 0 Å². The van der Waals surface area contributed by atoms with Gasteiger partial charge in [-0.25, -0.2) is 0 Å². The van der Waals surface area contributed by atoms with E-state index in [1.165, 1.54) is 0 Å². The van der Waals surface area contributed by atoms with Crippen LogP contribution >= 0.6 is 0 Å². The molecule has 1 aromatic rings. The van der Waals surface area contributed by atoms with Crippen LogP contribution in [0, 0.1) is 11.3 Å². The number of rotatable bonds is 3. The number of anilines is 1. The largest absolute Gasteiger partial charge is 0.371 e. The van der Waals surface area contributed by atoms with E-state index in [-0.39, 0.29) is 0 Å². The number of likely N-dealkylation sites (N-methyl/N-ethyl adjacent to an activating group) is 1. The lowest BCUT2D eigenvalue weighted by Gasteiger charge is -2.16. The highest BCUT2D eigenvalue weighted by molar-refractivity contribution is 5.49. The van der Waals surface area contributed by atoms with E-state index in [0.717, 1.165) is 12.2 Å². The summed E-state index contributed by atoms with van der Waals surface area (Å²) in [6.07, 6.45) is 4.12. The normalized spacial score (nSPS) is 10.1. The Balaban J connectivity index is 2.72. The van der Waals surface area contributed by atoms with Gasteiger partial charge in [-0.05, 0) is 31.2 Å². The summed E-state index contributed by atoms with van der Waals surface area (Å²) in [4.78, 5) is 2.13. The fourth-order valence-corrected chi connectivity index (χ4v) is 1.16. The van der Waals surface area contributed by atoms with E-state index in [4.69, 9.17) is 5.26 Å². The minimum absolute atomic E-state index is 0.702. The van der Waals surface area contributed by atoms with E-state index < -0.39 is 0 Å². The molecule has 0 radical (unpaired) electrons. The molecule has 0 fully saturated rings. The van der Waals surface area contributed by atoms with Crippen molar-refractivity contribution in [1.29, 1.82) is 5.26 Å². The summed E-state index contributed by atoms with van der Waals surface area (Å²) in [7, 11) is 2.03. The molecule has 14 heavy (non-hydrogen) atoms. The summed E-state index contributed by atoms with van der Waals surface area (Å²) in [5.74, 6) is 0. The topological polar surface area (TPSA) is 27.0 Å². The highest BCUT2D eigenvalue weighted by atomic mass is 15.1. The molecular weight excluding hydrogens is 172 g/mol. The van der Waals surface area contributed by atoms with Crippen LogP contribution in [0.3, 0.4) is 0 Å². The Morgan fingerprint density at radius 1 is 1.36 bits per heavy atom. The van der Waals surface area contributed by atoms with Crippen molar-refractivity contribution in [3.8, 4) is 6.07 Å². The summed E-state index contributed by atoms with van der Waals surface area (Å²) in [6.45, 7) is 2.90. The molecule has 0 spiro atoms. The monoisotopic (exact) mass is 186 g/mol. The summed E-state index contributed by atoms with van der Waals surface area (Å²) in [5, 5.41) is 8.63. The second-order valence-electron chi connectivity index (χ2n) is 3.11. The van der Waals surface area contributed by atoms with Crippen molar-refractivity contribution in [2.24, 2.45) is 0 Å². The molecule has 0 saturated carbocycles. The van der Waals surface area contributed by atoms with Crippen molar-refractivity contribution in [3.63, 3.8) is 0 Å². The summed E-state index contributed by atoms with van der Waals surface area (Å²) in [5.41, 5.74) is 1.83. The fourth-order valence-electron chi connectivity index (χ4n) is 1.16. The van der Waals surface area contributed by atoms with Gasteiger partial charge in [-0.1, -0.05) is 12.2 Å². The Bertz CT molecular complexity index is 344. The quantitative estimate of drug-likeness (QED) is 0.678. The van der Waals surface area contributed by atoms with E-state index in [1.54, 1.807) is 0 Å². The Kier molecular flexibility index (Phi) is 3.75. The van der Waals surface area contributed by atoms with Crippen LogP contribution in [-0.4, -0.2) is 13.6 Å². The Morgan fingerprint density at radius 2 is 2.00 bits per heavy atom. The first-order valence-electron chi connectivity index (χ1n) is 4.60. The molecule has 1 rings (SSSR count). The lowest BCUT2D eigenvalue weighted by atomic mass is 10.2. The van der Waals surface area contributed by atoms with Gasteiger partial charge in [0.2, 0.25) is 0 Å². The van der Waals surface area contributed by atoms with Gasteiger partial charge in [0.15, 0.2) is 0 Å². The minimum Gasteiger partial charge on any atom is -0.371 e. The second-order valence-corrected chi connectivity index (χ2v) is 3.11. The zero-order valence-electron chi connectivity index (χ0n) is 8.57. The lowest BCUT2D eigenvalue weighted by Crippen LogP contribution is -2.16. The van der Waals surface area contributed by atoms with Crippen LogP contribution in [0.5, 0.6) is 0 Å². The van der Waals surface area contributed by atoms with Crippen molar-refractivity contribution >= 4 is 5.69 Å². The highest BCUT2D eigenvalue weighted by Gasteiger charge is 1.97. The first kappa shape index (κ1) is 10.3. The Morgan fingerprint density at radius 3 is 2.50 bits per heavy atom. The summed E-state index contributed by atoms with van der Waals surface area (Å²) < 4.78 is 0. The zero-order chi connectivity index (χ0) is 10.4. The van der Waals surface area contributed by atoms with E-state index in [0.29, 0.717) is 5.56 Å². The molecular formula is C12H14N2. The van der Waals surface area contributed by atoms with Gasteiger partial charge in [-0.2, -0.15) is 5.26 Å². The van der Waals surface area contributed by atoms with Crippen LogP contribution < -0.4 is 4.90 Å². The van der Waals surface area contributed by atoms with Gasteiger partial charge >= 0.3 is 0 Å². The Labute approximate surface area is 85.1 Å². The molecule has 0 aliphatic rings. The highest BCUT2D eigenvalue weighted by Crippen LogP contribution is 2.12. The first-order chi connectivity index (χ1) is 6.77. The molecule has 0 atom stereocenters. The maximum Gasteiger partial charge on any atom is 0.0991 e. The fraction of sp³-hybridized carbons (Fsp3) is 0.250. The molecule has 0 aromatic heterocycles. The number of hydrogen-bond acceptors (Lipinski definition) is 2. The molecule has 0 amide bonds. The van der Waals surface area contributed by atoms with Crippen LogP contribution in [-0.2, 0) is 0 Å². The zero-order valence-corrected chi connectivity index (χ0v) is 8.57. The minimum atomic E-state index is 0.702. The number of benzene rings is 1. The van der Waals surface area contributed by atoms with Gasteiger partial charge < -0.3 is 4.90 Å². The standard InChI is InChI=1S/C12H14N2/c1-3-4-9-14(2)12-7-5-11(10-13)6-8-12/h3-8H,9H2,1-2H3/b4-3+. The van der Waals surface area contributed by atoms with E-state index >= 15 is 0 Å². The average molecular weight is 186 g/mol. The lowest BCUT2D eigenvalue weighted by molar-refractivity contribution is 1.03. The van der Waals surface area contributed by atoms with Gasteiger partial charge in [-0.3, -0.25) is 0 Å². The molecule has 2 nitrogen and oxygen atoms in total. The molecule has 0 N–H and O–H groups in total. The third kappa shape index (κ3) is 2.63. The SMILES string of the molecule is C/C=C/CN(C)c1ccc(C#N)cc1. The number of allylic oxidation sites excluding steroid dienone is 1. The maximum atomic E-state index is 8.63. The van der Waals surface area contributed by atoms with Crippen molar-refractivity contribution in [2.75, 3.05) is 18.5 Å². The smallest absolute Gasteiger partial charge is 0.0991 e. The third-order valence-corrected chi connectivity index (χ3v) is 2.05. The predicted octanol–water partition coefficient (Wildman–Crippen LogP) is 2.57. The molecule has 72 valence electrons. The molecule has 0 unspecified atom stereocenters. The average Bonchev–Trinajstić information content (AvgIpc) is 2.26. The summed E-state index contributed by atoms with van der Waals surface area (Å²) in [6, 6.07) is 9.69. The first-order valence-corrected chi connectivity index (χ1v) is 4.60. The second kappa shape index (κ2) is 5.08. The van der Waals surface area contributed by atoms with Crippen LogP contribution in [0.15, 0.2) is 36.4 Å². The van der Waals surface area contributed by atoms with E-state index in [2.05, 4.69) is 17.0 Å². The van der Waals surface area contributed by atoms with E-state index in [1.807, 2.05) is 44.3 Å². The molecule has 0 aliphatic heterocycles. The molecule has 2 heteroatoms. The van der Waals surface area contributed by atoms with Crippen molar-refractivity contribution < 1.29 is 0 Å². The van der Waals surface area contributed by atoms with Gasteiger partial charge in [-0.15, -0.1) is 0 Å². The number of nitriles is 1. The predicted molar refractivity (Wildman–Crippen MR) is 59.2 cm³/mol. The van der Waals surface area contributed by atoms with Crippen LogP contribution in [0.25, 0.3) is 0 Å². The number of hydrogen-bond donors (Lipinski definition) is 0. The summed E-state index contributed by atoms with van der Waals surface area (Å²) >= 11 is 0. The molecule has 0 bridgehead atoms. The van der Waals surface area contributed by atoms with Gasteiger partial charge in [0.05, 0.1) is 11.6 Å². The molecule has 0 heterocycles. The van der Waals surface area contributed by atoms with Crippen molar-refractivity contribution in [2.45, 2.75) is 6.92 Å². The Hall–Kier alpha value is -1.75. The molecule has 0 aliphatic carbocycles. The molecule has 1 aromatic carbocycles. The number of nitrogens with zero attached hydrogens (tertiary/aromatic N) is 2. The van der Waals surface area contributed by atoms with Gasteiger partial charge in [0, 0.05) is 19.3 Å². The van der Waals surface area contributed by atoms with Crippen molar-refractivity contribution in [3.05, 3.63) is 42.0 Å². The maximum absolute atomic E-state index is 8.63.